The Labute approximate surface area is 460 Å². The highest BCUT2D eigenvalue weighted by Gasteiger charge is 2.42. The number of nitrogens with two attached hydrogens (primary N) is 1. The molecular weight excluding hydrogens is 1010 g/mol. The Morgan fingerprint density at radius 3 is 1.44 bits per heavy atom. The van der Waals surface area contributed by atoms with E-state index in [1.165, 1.54) is 11.8 Å². The molecule has 1 fully saturated rings. The standard InChI is InChI=1S/C54H90N10O12S/c1-27(2)22-35(55)45(66)56-36(23-28(3)4)47(68)61-42(31(9)10)53(74)64-21-17-20-40(64)50(71)63-44(33(13)65)52(73)59-39(26-77)49(70)60-41(30(7)8)51(72)58-38(25-34-18-15-14-16-19-34)46(67)57-37(24-29(5)6)48(69)62-43(32(11)12)54(75)76/h14-16,18-19,27-33,35-44,65,77H,17,20-26,55H2,1-13H3,(H,56,66)(H,57,67)(H,58,72)(H,59,73)(H,60,70)(H,61,68)(H,62,69)(H,63,71)(H,75,76)/t33-,35+,36+,37+,38+,39+,40+,41+,42+,43+,44+/m1/s1. The lowest BCUT2D eigenvalue weighted by atomic mass is 9.98. The molecule has 0 aromatic heterocycles. The highest BCUT2D eigenvalue weighted by Crippen LogP contribution is 2.22. The fourth-order valence-corrected chi connectivity index (χ4v) is 9.07. The van der Waals surface area contributed by atoms with E-state index in [4.69, 9.17) is 5.73 Å². The normalized spacial score (nSPS) is 17.5. The molecule has 1 saturated heterocycles. The first kappa shape index (κ1) is 67.3. The van der Waals surface area contributed by atoms with Crippen molar-refractivity contribution in [1.82, 2.24) is 47.4 Å². The maximum absolute atomic E-state index is 14.2. The number of carboxylic acid groups (broad SMARTS) is 1. The Balaban J connectivity index is 2.30. The van der Waals surface area contributed by atoms with Crippen molar-refractivity contribution in [3.8, 4) is 0 Å². The lowest BCUT2D eigenvalue weighted by Gasteiger charge is -2.33. The molecule has 0 unspecified atom stereocenters. The van der Waals surface area contributed by atoms with Crippen LogP contribution < -0.4 is 48.3 Å². The number of aliphatic carboxylic acids is 1. The van der Waals surface area contributed by atoms with E-state index in [0.717, 1.165) is 0 Å². The van der Waals surface area contributed by atoms with Crippen molar-refractivity contribution in [2.45, 2.75) is 195 Å². The summed E-state index contributed by atoms with van der Waals surface area (Å²) in [5.74, 6) is -9.54. The van der Waals surface area contributed by atoms with Crippen molar-refractivity contribution in [3.63, 3.8) is 0 Å². The average molecular weight is 1100 g/mol. The first-order chi connectivity index (χ1) is 35.9. The number of carbonyl (C=O) groups is 10. The molecule has 0 aliphatic carbocycles. The number of nitrogens with zero attached hydrogens (tertiary/aromatic N) is 1. The Bertz CT molecular complexity index is 2160. The van der Waals surface area contributed by atoms with Crippen LogP contribution in [-0.4, -0.2) is 153 Å². The van der Waals surface area contributed by atoms with Crippen molar-refractivity contribution in [1.29, 1.82) is 0 Å². The van der Waals surface area contributed by atoms with Crippen molar-refractivity contribution < 1.29 is 58.2 Å². The van der Waals surface area contributed by atoms with Crippen LogP contribution in [0.3, 0.4) is 0 Å². The quantitative estimate of drug-likeness (QED) is 0.0461. The van der Waals surface area contributed by atoms with E-state index >= 15 is 0 Å². The van der Waals surface area contributed by atoms with Gasteiger partial charge in [0, 0.05) is 18.7 Å². The van der Waals surface area contributed by atoms with Gasteiger partial charge < -0.3 is 63.4 Å². The Kier molecular flexibility index (Phi) is 28.1. The molecule has 11 atom stereocenters. The molecule has 12 N–H and O–H groups in total. The van der Waals surface area contributed by atoms with Crippen LogP contribution in [0.15, 0.2) is 30.3 Å². The molecule has 0 saturated carbocycles. The molecule has 434 valence electrons. The van der Waals surface area contributed by atoms with Gasteiger partial charge in [-0.2, -0.15) is 12.6 Å². The smallest absolute Gasteiger partial charge is 0.326 e. The van der Waals surface area contributed by atoms with Crippen molar-refractivity contribution in [2.24, 2.45) is 41.2 Å². The molecule has 1 aromatic carbocycles. The van der Waals surface area contributed by atoms with Crippen LogP contribution in [0.1, 0.15) is 128 Å². The Hall–Kier alpha value is -5.81. The minimum atomic E-state index is -1.64. The SMILES string of the molecule is CC(C)C[C@H](NC(=O)[C@H](Cc1ccccc1)NC(=O)[C@@H](NC(=O)[C@H](CS)NC(=O)[C@@H](NC(=O)[C@@H]1CCCN1C(=O)[C@@H](NC(=O)[C@H](CC(C)C)NC(=O)[C@@H](N)CC(C)C)C(C)C)[C@@H](C)O)C(C)C)C(=O)N[C@H](C(=O)O)C(C)C. The third kappa shape index (κ3) is 21.9. The molecule has 0 radical (unpaired) electrons. The van der Waals surface area contributed by atoms with Gasteiger partial charge in [0.25, 0.3) is 0 Å². The zero-order chi connectivity index (χ0) is 58.6. The van der Waals surface area contributed by atoms with Crippen LogP contribution >= 0.6 is 12.6 Å². The van der Waals surface area contributed by atoms with Crippen molar-refractivity contribution >= 4 is 71.8 Å². The summed E-state index contributed by atoms with van der Waals surface area (Å²) in [4.78, 5) is 138. The maximum Gasteiger partial charge on any atom is 0.326 e. The van der Waals surface area contributed by atoms with E-state index in [0.29, 0.717) is 18.4 Å². The third-order valence-corrected chi connectivity index (χ3v) is 13.4. The Morgan fingerprint density at radius 1 is 0.545 bits per heavy atom. The number of likely N-dealkylation sites (tertiary alicyclic amines) is 1. The zero-order valence-electron chi connectivity index (χ0n) is 47.3. The summed E-state index contributed by atoms with van der Waals surface area (Å²) >= 11 is 4.28. The minimum absolute atomic E-state index is 0.0101. The van der Waals surface area contributed by atoms with Gasteiger partial charge in [0.05, 0.1) is 12.1 Å². The number of carbonyl (C=O) groups excluding carboxylic acids is 9. The predicted octanol–water partition coefficient (Wildman–Crippen LogP) is 0.927. The van der Waals surface area contributed by atoms with E-state index in [-0.39, 0.29) is 55.7 Å². The van der Waals surface area contributed by atoms with Crippen molar-refractivity contribution in [2.75, 3.05) is 12.3 Å². The maximum atomic E-state index is 14.2. The summed E-state index contributed by atoms with van der Waals surface area (Å²) in [6.07, 6.45) is -0.133. The number of amides is 9. The lowest BCUT2D eigenvalue weighted by Crippen LogP contribution is -2.63. The number of hydrogen-bond donors (Lipinski definition) is 12. The number of carboxylic acids is 1. The monoisotopic (exact) mass is 1100 g/mol. The minimum Gasteiger partial charge on any atom is -0.480 e. The van der Waals surface area contributed by atoms with Crippen LogP contribution in [0.25, 0.3) is 0 Å². The predicted molar refractivity (Wildman–Crippen MR) is 294 cm³/mol. The number of rotatable bonds is 31. The van der Waals surface area contributed by atoms with Gasteiger partial charge in [-0.25, -0.2) is 4.79 Å². The molecule has 23 heteroatoms. The number of nitrogens with one attached hydrogen (secondary N) is 8. The van der Waals surface area contributed by atoms with Crippen LogP contribution in [0.5, 0.6) is 0 Å². The number of hydrogen-bond acceptors (Lipinski definition) is 13. The van der Waals surface area contributed by atoms with Crippen LogP contribution in [0, 0.1) is 35.5 Å². The summed E-state index contributed by atoms with van der Waals surface area (Å²) < 4.78 is 0. The number of aliphatic hydroxyl groups excluding tert-OH is 1. The molecule has 1 heterocycles. The van der Waals surface area contributed by atoms with Crippen LogP contribution in [0.2, 0.25) is 0 Å². The zero-order valence-corrected chi connectivity index (χ0v) is 48.2. The van der Waals surface area contributed by atoms with Crippen LogP contribution in [0.4, 0.5) is 0 Å². The van der Waals surface area contributed by atoms with E-state index < -0.39 is 143 Å². The van der Waals surface area contributed by atoms with Gasteiger partial charge in [0.15, 0.2) is 0 Å². The second-order valence-corrected chi connectivity index (χ2v) is 22.9. The van der Waals surface area contributed by atoms with Gasteiger partial charge in [0.1, 0.15) is 54.4 Å². The van der Waals surface area contributed by atoms with E-state index in [9.17, 15) is 58.2 Å². The second kappa shape index (κ2) is 32.2. The number of benzene rings is 1. The summed E-state index contributed by atoms with van der Waals surface area (Å²) in [7, 11) is 0. The molecule has 0 bridgehead atoms. The molecule has 0 spiro atoms. The van der Waals surface area contributed by atoms with Crippen molar-refractivity contribution in [3.05, 3.63) is 35.9 Å². The molecule has 77 heavy (non-hydrogen) atoms. The topological polar surface area (TPSA) is 337 Å². The van der Waals surface area contributed by atoms with Gasteiger partial charge in [-0.3, -0.25) is 43.2 Å². The van der Waals surface area contributed by atoms with Crippen LogP contribution in [-0.2, 0) is 54.4 Å². The summed E-state index contributed by atoms with van der Waals surface area (Å²) in [5.41, 5.74) is 6.76. The molecule has 2 rings (SSSR count). The first-order valence-electron chi connectivity index (χ1n) is 26.9. The fraction of sp³-hybridized carbons (Fsp3) is 0.704. The summed E-state index contributed by atoms with van der Waals surface area (Å²) in [6.45, 7) is 22.7. The number of thiol groups is 1. The molecular formula is C54H90N10O12S. The van der Waals surface area contributed by atoms with Gasteiger partial charge in [-0.05, 0) is 80.1 Å². The molecule has 1 aromatic rings. The summed E-state index contributed by atoms with van der Waals surface area (Å²) in [6, 6.07) is -3.34. The molecule has 9 amide bonds. The van der Waals surface area contributed by atoms with Gasteiger partial charge in [0.2, 0.25) is 53.2 Å². The van der Waals surface area contributed by atoms with Gasteiger partial charge in [-0.1, -0.05) is 113 Å². The van der Waals surface area contributed by atoms with E-state index in [2.05, 4.69) is 55.2 Å². The fourth-order valence-electron chi connectivity index (χ4n) is 8.81. The second-order valence-electron chi connectivity index (χ2n) is 22.6. The highest BCUT2D eigenvalue weighted by atomic mass is 32.1. The number of aliphatic hydroxyl groups is 1. The molecule has 1 aliphatic heterocycles. The first-order valence-corrected chi connectivity index (χ1v) is 27.6. The van der Waals surface area contributed by atoms with Gasteiger partial charge in [-0.15, -0.1) is 0 Å². The summed E-state index contributed by atoms with van der Waals surface area (Å²) in [5, 5.41) is 41.7. The highest BCUT2D eigenvalue weighted by molar-refractivity contribution is 7.80. The largest absolute Gasteiger partial charge is 0.480 e. The van der Waals surface area contributed by atoms with Gasteiger partial charge >= 0.3 is 5.97 Å². The lowest BCUT2D eigenvalue weighted by molar-refractivity contribution is -0.144. The average Bonchev–Trinajstić information content (AvgIpc) is 3.83. The molecule has 1 aliphatic rings. The van der Waals surface area contributed by atoms with E-state index in [1.54, 1.807) is 71.9 Å². The Morgan fingerprint density at radius 2 is 0.974 bits per heavy atom. The van der Waals surface area contributed by atoms with E-state index in [1.807, 2.05) is 41.5 Å². The third-order valence-electron chi connectivity index (χ3n) is 13.1. The molecule has 22 nitrogen and oxygen atoms in total.